The lowest BCUT2D eigenvalue weighted by Gasteiger charge is -2.09. The van der Waals surface area contributed by atoms with Gasteiger partial charge >= 0.3 is 10.7 Å². The minimum absolute atomic E-state index is 0.0691. The Morgan fingerprint density at radius 2 is 1.87 bits per heavy atom. The fourth-order valence-corrected chi connectivity index (χ4v) is 1.03. The van der Waals surface area contributed by atoms with Gasteiger partial charge in [-0.05, 0) is 17.7 Å². The summed E-state index contributed by atoms with van der Waals surface area (Å²) in [4.78, 5) is 7.15. The largest absolute Gasteiger partial charge is 0.377 e. The quantitative estimate of drug-likeness (QED) is 0.848. The number of rotatable bonds is 3. The van der Waals surface area contributed by atoms with Crippen molar-refractivity contribution in [2.75, 3.05) is 0 Å². The maximum atomic E-state index is 12.5. The van der Waals surface area contributed by atoms with E-state index < -0.39 is 16.6 Å². The molecule has 2 nitrogen and oxygen atoms in total. The fourth-order valence-electron chi connectivity index (χ4n) is 0.885. The average Bonchev–Trinajstić information content (AvgIpc) is 2.15. The van der Waals surface area contributed by atoms with Gasteiger partial charge in [-0.25, -0.2) is 4.39 Å². The molecule has 0 bridgehead atoms. The molecule has 1 amide bonds. The smallest absolute Gasteiger partial charge is 0.346 e. The third-order valence-corrected chi connectivity index (χ3v) is 1.98. The second kappa shape index (κ2) is 4.65. The normalized spacial score (nSPS) is 11.2. The van der Waals surface area contributed by atoms with Crippen molar-refractivity contribution < 1.29 is 18.0 Å². The highest BCUT2D eigenvalue weighted by atomic mass is 79.9. The molecule has 0 saturated carbocycles. The molecule has 0 spiro atoms. The van der Waals surface area contributed by atoms with Gasteiger partial charge in [0.15, 0.2) is 0 Å². The average molecular weight is 282 g/mol. The third-order valence-electron chi connectivity index (χ3n) is 1.62. The molecular formula is C9H7BrF3NO. The summed E-state index contributed by atoms with van der Waals surface area (Å²) in [6, 6.07) is 5.19. The van der Waals surface area contributed by atoms with Gasteiger partial charge in [-0.1, -0.05) is 12.1 Å². The van der Waals surface area contributed by atoms with Crippen LogP contribution in [0.15, 0.2) is 24.3 Å². The molecule has 1 N–H and O–H groups in total. The number of benzene rings is 1. The van der Waals surface area contributed by atoms with Gasteiger partial charge in [-0.15, -0.1) is 0 Å². The van der Waals surface area contributed by atoms with Gasteiger partial charge in [0, 0.05) is 22.5 Å². The van der Waals surface area contributed by atoms with Crippen LogP contribution in [-0.2, 0) is 11.3 Å². The van der Waals surface area contributed by atoms with Gasteiger partial charge in [0.2, 0.25) is 0 Å². The first kappa shape index (κ1) is 12.0. The number of alkyl halides is 3. The Hall–Kier alpha value is -1.04. The van der Waals surface area contributed by atoms with E-state index in [-0.39, 0.29) is 6.54 Å². The summed E-state index contributed by atoms with van der Waals surface area (Å²) in [5, 5.41) is 2.00. The highest BCUT2D eigenvalue weighted by molar-refractivity contribution is 9.10. The predicted molar refractivity (Wildman–Crippen MR) is 52.1 cm³/mol. The van der Waals surface area contributed by atoms with E-state index in [1.165, 1.54) is 24.3 Å². The highest BCUT2D eigenvalue weighted by Gasteiger charge is 2.34. The lowest BCUT2D eigenvalue weighted by Crippen LogP contribution is -2.35. The molecule has 0 heterocycles. The van der Waals surface area contributed by atoms with E-state index >= 15 is 0 Å². The van der Waals surface area contributed by atoms with Crippen LogP contribution in [0.1, 0.15) is 5.56 Å². The van der Waals surface area contributed by atoms with Crippen LogP contribution in [0.3, 0.4) is 0 Å². The third kappa shape index (κ3) is 3.91. The topological polar surface area (TPSA) is 29.1 Å². The molecule has 1 rings (SSSR count). The van der Waals surface area contributed by atoms with Gasteiger partial charge in [-0.3, -0.25) is 4.79 Å². The van der Waals surface area contributed by atoms with Crippen molar-refractivity contribution >= 4 is 21.8 Å². The Kier molecular flexibility index (Phi) is 3.73. The van der Waals surface area contributed by atoms with Crippen molar-refractivity contribution in [1.29, 1.82) is 0 Å². The number of carbonyl (C=O) groups is 1. The van der Waals surface area contributed by atoms with Crippen LogP contribution in [0.2, 0.25) is 0 Å². The summed E-state index contributed by atoms with van der Waals surface area (Å²) in [6.07, 6.45) is 0. The highest BCUT2D eigenvalue weighted by Crippen LogP contribution is 2.21. The summed E-state index contributed by atoms with van der Waals surface area (Å²) >= 11 is 1.92. The van der Waals surface area contributed by atoms with Crippen LogP contribution < -0.4 is 5.32 Å². The predicted octanol–water partition coefficient (Wildman–Crippen LogP) is 2.43. The number of carbonyl (C=O) groups excluding carboxylic acids is 1. The van der Waals surface area contributed by atoms with E-state index in [0.717, 1.165) is 0 Å². The SMILES string of the molecule is O=C(NCc1ccc(F)cc1)C(F)(F)Br. The number of amides is 1. The summed E-state index contributed by atoms with van der Waals surface area (Å²) in [6.45, 7) is -0.0691. The molecule has 6 heteroatoms. The molecule has 0 aliphatic heterocycles. The van der Waals surface area contributed by atoms with E-state index in [9.17, 15) is 18.0 Å². The van der Waals surface area contributed by atoms with Crippen molar-refractivity contribution in [3.05, 3.63) is 35.6 Å². The van der Waals surface area contributed by atoms with Crippen molar-refractivity contribution in [3.63, 3.8) is 0 Å². The Labute approximate surface area is 92.6 Å². The van der Waals surface area contributed by atoms with Gasteiger partial charge in [0.1, 0.15) is 5.82 Å². The Morgan fingerprint density at radius 1 is 1.33 bits per heavy atom. The van der Waals surface area contributed by atoms with Crippen LogP contribution in [0.5, 0.6) is 0 Å². The van der Waals surface area contributed by atoms with Crippen molar-refractivity contribution in [2.24, 2.45) is 0 Å². The van der Waals surface area contributed by atoms with E-state index in [0.29, 0.717) is 5.56 Å². The molecule has 0 aliphatic carbocycles. The second-order valence-electron chi connectivity index (χ2n) is 2.81. The molecule has 15 heavy (non-hydrogen) atoms. The molecule has 0 saturated heterocycles. The molecule has 0 aliphatic rings. The standard InChI is InChI=1S/C9H7BrF3NO/c10-9(12,13)8(15)14-5-6-1-3-7(11)4-2-6/h1-4H,5H2,(H,14,15). The minimum Gasteiger partial charge on any atom is -0.346 e. The van der Waals surface area contributed by atoms with Crippen molar-refractivity contribution in [2.45, 2.75) is 11.4 Å². The van der Waals surface area contributed by atoms with Crippen LogP contribution in [0.25, 0.3) is 0 Å². The van der Waals surface area contributed by atoms with Gasteiger partial charge < -0.3 is 5.32 Å². The maximum Gasteiger partial charge on any atom is 0.377 e. The molecule has 0 aromatic heterocycles. The number of nitrogens with one attached hydrogen (secondary N) is 1. The number of hydrogen-bond acceptors (Lipinski definition) is 1. The van der Waals surface area contributed by atoms with Crippen LogP contribution in [0.4, 0.5) is 13.2 Å². The summed E-state index contributed by atoms with van der Waals surface area (Å²) < 4.78 is 37.1. The van der Waals surface area contributed by atoms with Crippen molar-refractivity contribution in [3.8, 4) is 0 Å². The zero-order chi connectivity index (χ0) is 11.5. The van der Waals surface area contributed by atoms with Gasteiger partial charge in [0.25, 0.3) is 0 Å². The van der Waals surface area contributed by atoms with Gasteiger partial charge in [0.05, 0.1) is 0 Å². The number of halogens is 4. The first-order chi connectivity index (χ1) is 6.89. The van der Waals surface area contributed by atoms with Crippen LogP contribution in [-0.4, -0.2) is 10.7 Å². The summed E-state index contributed by atoms with van der Waals surface area (Å²) in [5.74, 6) is -1.84. The molecule has 0 atom stereocenters. The summed E-state index contributed by atoms with van der Waals surface area (Å²) in [7, 11) is 0. The lowest BCUT2D eigenvalue weighted by atomic mass is 10.2. The second-order valence-corrected chi connectivity index (χ2v) is 3.80. The monoisotopic (exact) mass is 281 g/mol. The zero-order valence-electron chi connectivity index (χ0n) is 7.44. The zero-order valence-corrected chi connectivity index (χ0v) is 9.02. The first-order valence-electron chi connectivity index (χ1n) is 3.99. The molecule has 1 aromatic carbocycles. The molecule has 0 radical (unpaired) electrons. The molecule has 0 unspecified atom stereocenters. The minimum atomic E-state index is -3.58. The van der Waals surface area contributed by atoms with E-state index in [2.05, 4.69) is 0 Å². The van der Waals surface area contributed by atoms with E-state index in [4.69, 9.17) is 0 Å². The Morgan fingerprint density at radius 3 is 2.33 bits per heavy atom. The molecule has 82 valence electrons. The maximum absolute atomic E-state index is 12.5. The number of hydrogen-bond donors (Lipinski definition) is 1. The first-order valence-corrected chi connectivity index (χ1v) is 4.78. The van der Waals surface area contributed by atoms with Crippen LogP contribution >= 0.6 is 15.9 Å². The van der Waals surface area contributed by atoms with E-state index in [1.54, 1.807) is 0 Å². The molecule has 0 fully saturated rings. The molecule has 1 aromatic rings. The Balaban J connectivity index is 2.51. The Bertz CT molecular complexity index is 347. The van der Waals surface area contributed by atoms with Crippen molar-refractivity contribution in [1.82, 2.24) is 5.32 Å². The van der Waals surface area contributed by atoms with Crippen LogP contribution in [0, 0.1) is 5.82 Å². The molecular weight excluding hydrogens is 275 g/mol. The lowest BCUT2D eigenvalue weighted by molar-refractivity contribution is -0.134. The fraction of sp³-hybridized carbons (Fsp3) is 0.222. The van der Waals surface area contributed by atoms with E-state index in [1.807, 2.05) is 21.2 Å². The summed E-state index contributed by atoms with van der Waals surface area (Å²) in [5.41, 5.74) is 0.543. The van der Waals surface area contributed by atoms with Gasteiger partial charge in [-0.2, -0.15) is 8.78 Å².